The van der Waals surface area contributed by atoms with Crippen LogP contribution in [0.3, 0.4) is 0 Å². The van der Waals surface area contributed by atoms with Crippen molar-refractivity contribution in [1.29, 1.82) is 0 Å². The van der Waals surface area contributed by atoms with Gasteiger partial charge in [-0.1, -0.05) is 25.5 Å². The van der Waals surface area contributed by atoms with Gasteiger partial charge in [-0.15, -0.1) is 0 Å². The molecule has 1 aliphatic rings. The molecule has 3 N–H and O–H groups in total. The second-order valence-electron chi connectivity index (χ2n) is 4.42. The molecule has 0 saturated carbocycles. The van der Waals surface area contributed by atoms with Crippen LogP contribution >= 0.6 is 0 Å². The van der Waals surface area contributed by atoms with Crippen LogP contribution in [0.25, 0.3) is 0 Å². The first-order valence-corrected chi connectivity index (χ1v) is 6.11. The SMILES string of the molecule is CCCC1CN(c2ccc(CN)cc2)C(=O)N1. The maximum Gasteiger partial charge on any atom is 0.322 e. The lowest BCUT2D eigenvalue weighted by Gasteiger charge is -2.15. The topological polar surface area (TPSA) is 58.4 Å². The molecule has 0 bridgehead atoms. The Morgan fingerprint density at radius 1 is 1.41 bits per heavy atom. The number of anilines is 1. The van der Waals surface area contributed by atoms with Gasteiger partial charge >= 0.3 is 6.03 Å². The maximum atomic E-state index is 11.8. The lowest BCUT2D eigenvalue weighted by Crippen LogP contribution is -2.28. The van der Waals surface area contributed by atoms with Gasteiger partial charge in [-0.2, -0.15) is 0 Å². The predicted molar refractivity (Wildman–Crippen MR) is 68.9 cm³/mol. The standard InChI is InChI=1S/C13H19N3O/c1-2-3-11-9-16(13(17)15-11)12-6-4-10(8-14)5-7-12/h4-7,11H,2-3,8-9,14H2,1H3,(H,15,17). The molecule has 1 unspecified atom stereocenters. The molecule has 1 atom stereocenters. The Kier molecular flexibility index (Phi) is 3.64. The van der Waals surface area contributed by atoms with Gasteiger partial charge in [-0.05, 0) is 24.1 Å². The second kappa shape index (κ2) is 5.19. The molecule has 1 heterocycles. The van der Waals surface area contributed by atoms with Crippen molar-refractivity contribution in [2.75, 3.05) is 11.4 Å². The Labute approximate surface area is 102 Å². The fraction of sp³-hybridized carbons (Fsp3) is 0.462. The van der Waals surface area contributed by atoms with Crippen molar-refractivity contribution in [3.05, 3.63) is 29.8 Å². The Morgan fingerprint density at radius 2 is 2.12 bits per heavy atom. The first kappa shape index (κ1) is 11.9. The van der Waals surface area contributed by atoms with Crippen LogP contribution in [0, 0.1) is 0 Å². The number of rotatable bonds is 4. The molecule has 1 saturated heterocycles. The third kappa shape index (κ3) is 2.58. The fourth-order valence-corrected chi connectivity index (χ4v) is 2.15. The van der Waals surface area contributed by atoms with Gasteiger partial charge in [0.1, 0.15) is 0 Å². The molecule has 4 heteroatoms. The number of nitrogens with zero attached hydrogens (tertiary/aromatic N) is 1. The van der Waals surface area contributed by atoms with E-state index in [4.69, 9.17) is 5.73 Å². The van der Waals surface area contributed by atoms with E-state index in [0.717, 1.165) is 30.6 Å². The fourth-order valence-electron chi connectivity index (χ4n) is 2.15. The van der Waals surface area contributed by atoms with E-state index in [1.165, 1.54) is 0 Å². The molecular weight excluding hydrogens is 214 g/mol. The van der Waals surface area contributed by atoms with Crippen molar-refractivity contribution < 1.29 is 4.79 Å². The van der Waals surface area contributed by atoms with Gasteiger partial charge in [0.05, 0.1) is 0 Å². The Balaban J connectivity index is 2.08. The van der Waals surface area contributed by atoms with Crippen LogP contribution in [-0.2, 0) is 6.54 Å². The van der Waals surface area contributed by atoms with Gasteiger partial charge in [-0.3, -0.25) is 4.90 Å². The van der Waals surface area contributed by atoms with Crippen LogP contribution in [0.4, 0.5) is 10.5 Å². The summed E-state index contributed by atoms with van der Waals surface area (Å²) in [6.07, 6.45) is 2.12. The van der Waals surface area contributed by atoms with E-state index in [2.05, 4.69) is 12.2 Å². The number of benzene rings is 1. The lowest BCUT2D eigenvalue weighted by molar-refractivity contribution is 0.250. The minimum Gasteiger partial charge on any atom is -0.333 e. The van der Waals surface area contributed by atoms with Crippen molar-refractivity contribution in [3.63, 3.8) is 0 Å². The minimum absolute atomic E-state index is 0.00366. The Hall–Kier alpha value is -1.55. The third-order valence-corrected chi connectivity index (χ3v) is 3.10. The van der Waals surface area contributed by atoms with Crippen LogP contribution < -0.4 is 16.0 Å². The molecule has 17 heavy (non-hydrogen) atoms. The normalized spacial score (nSPS) is 19.5. The number of hydrogen-bond acceptors (Lipinski definition) is 2. The van der Waals surface area contributed by atoms with E-state index in [1.807, 2.05) is 24.3 Å². The summed E-state index contributed by atoms with van der Waals surface area (Å²) in [5.41, 5.74) is 7.57. The van der Waals surface area contributed by atoms with Crippen molar-refractivity contribution in [1.82, 2.24) is 5.32 Å². The van der Waals surface area contributed by atoms with E-state index < -0.39 is 0 Å². The zero-order valence-electron chi connectivity index (χ0n) is 10.1. The first-order valence-electron chi connectivity index (χ1n) is 6.11. The van der Waals surface area contributed by atoms with E-state index in [1.54, 1.807) is 4.90 Å². The molecule has 0 aliphatic carbocycles. The van der Waals surface area contributed by atoms with Crippen LogP contribution in [0.1, 0.15) is 25.3 Å². The summed E-state index contributed by atoms with van der Waals surface area (Å²) in [5.74, 6) is 0. The van der Waals surface area contributed by atoms with Crippen LogP contribution in [-0.4, -0.2) is 18.6 Å². The number of carbonyl (C=O) groups is 1. The summed E-state index contributed by atoms with van der Waals surface area (Å²) < 4.78 is 0. The summed E-state index contributed by atoms with van der Waals surface area (Å²) in [5, 5.41) is 2.99. The summed E-state index contributed by atoms with van der Waals surface area (Å²) in [7, 11) is 0. The highest BCUT2D eigenvalue weighted by Crippen LogP contribution is 2.20. The number of hydrogen-bond donors (Lipinski definition) is 2. The van der Waals surface area contributed by atoms with Crippen LogP contribution in [0.15, 0.2) is 24.3 Å². The van der Waals surface area contributed by atoms with Gasteiger partial charge in [0.2, 0.25) is 0 Å². The van der Waals surface area contributed by atoms with E-state index in [0.29, 0.717) is 6.54 Å². The molecule has 4 nitrogen and oxygen atoms in total. The zero-order valence-corrected chi connectivity index (χ0v) is 10.1. The number of nitrogens with two attached hydrogens (primary N) is 1. The second-order valence-corrected chi connectivity index (χ2v) is 4.42. The van der Waals surface area contributed by atoms with Crippen LogP contribution in [0.2, 0.25) is 0 Å². The Morgan fingerprint density at radius 3 is 2.71 bits per heavy atom. The highest BCUT2D eigenvalue weighted by molar-refractivity contribution is 5.94. The average molecular weight is 233 g/mol. The van der Waals surface area contributed by atoms with Crippen molar-refractivity contribution in [2.24, 2.45) is 5.73 Å². The third-order valence-electron chi connectivity index (χ3n) is 3.10. The van der Waals surface area contributed by atoms with Gasteiger partial charge in [0.25, 0.3) is 0 Å². The molecule has 1 fully saturated rings. The van der Waals surface area contributed by atoms with Gasteiger partial charge in [0, 0.05) is 24.8 Å². The van der Waals surface area contributed by atoms with E-state index in [-0.39, 0.29) is 12.1 Å². The van der Waals surface area contributed by atoms with Crippen molar-refractivity contribution >= 4 is 11.7 Å². The Bertz CT molecular complexity index is 388. The summed E-state index contributed by atoms with van der Waals surface area (Å²) >= 11 is 0. The van der Waals surface area contributed by atoms with E-state index >= 15 is 0 Å². The number of amides is 2. The first-order chi connectivity index (χ1) is 8.24. The number of carbonyl (C=O) groups excluding carboxylic acids is 1. The van der Waals surface area contributed by atoms with Crippen molar-refractivity contribution in [3.8, 4) is 0 Å². The highest BCUT2D eigenvalue weighted by atomic mass is 16.2. The van der Waals surface area contributed by atoms with E-state index in [9.17, 15) is 4.79 Å². The predicted octanol–water partition coefficient (Wildman–Crippen LogP) is 1.84. The molecule has 1 aliphatic heterocycles. The van der Waals surface area contributed by atoms with Gasteiger partial charge in [-0.25, -0.2) is 4.79 Å². The van der Waals surface area contributed by atoms with Gasteiger partial charge in [0.15, 0.2) is 0 Å². The maximum absolute atomic E-state index is 11.8. The summed E-state index contributed by atoms with van der Waals surface area (Å²) in [6.45, 7) is 3.42. The molecule has 2 amide bonds. The average Bonchev–Trinajstić information content (AvgIpc) is 2.71. The molecule has 1 aromatic carbocycles. The molecule has 0 aromatic heterocycles. The molecule has 92 valence electrons. The monoisotopic (exact) mass is 233 g/mol. The summed E-state index contributed by atoms with van der Waals surface area (Å²) in [4.78, 5) is 13.6. The number of urea groups is 1. The highest BCUT2D eigenvalue weighted by Gasteiger charge is 2.28. The lowest BCUT2D eigenvalue weighted by atomic mass is 10.1. The quantitative estimate of drug-likeness (QED) is 0.833. The van der Waals surface area contributed by atoms with Crippen LogP contribution in [0.5, 0.6) is 0 Å². The zero-order chi connectivity index (χ0) is 12.3. The largest absolute Gasteiger partial charge is 0.333 e. The molecular formula is C13H19N3O. The molecule has 2 rings (SSSR count). The van der Waals surface area contributed by atoms with Crippen molar-refractivity contribution in [2.45, 2.75) is 32.4 Å². The van der Waals surface area contributed by atoms with Gasteiger partial charge < -0.3 is 11.1 Å². The minimum atomic E-state index is 0.00366. The molecule has 0 spiro atoms. The smallest absolute Gasteiger partial charge is 0.322 e. The molecule has 1 aromatic rings. The summed E-state index contributed by atoms with van der Waals surface area (Å²) in [6, 6.07) is 8.13. The molecule has 0 radical (unpaired) electrons. The number of nitrogens with one attached hydrogen (secondary N) is 1.